The Bertz CT molecular complexity index is 421. The van der Waals surface area contributed by atoms with E-state index >= 15 is 0 Å². The zero-order chi connectivity index (χ0) is 15.7. The zero-order valence-electron chi connectivity index (χ0n) is 13.4. The monoisotopic (exact) mass is 292 g/mol. The second-order valence-corrected chi connectivity index (χ2v) is 6.24. The number of hydrogen-bond acceptors (Lipinski definition) is 3. The summed E-state index contributed by atoms with van der Waals surface area (Å²) >= 11 is 0. The summed E-state index contributed by atoms with van der Waals surface area (Å²) in [6, 6.07) is 7.49. The van der Waals surface area contributed by atoms with Gasteiger partial charge in [0.1, 0.15) is 11.4 Å². The molecule has 0 aliphatic carbocycles. The molecule has 0 saturated carbocycles. The molecule has 0 fully saturated rings. The van der Waals surface area contributed by atoms with Crippen LogP contribution in [-0.2, 0) is 4.79 Å². The van der Waals surface area contributed by atoms with Crippen molar-refractivity contribution in [2.24, 2.45) is 5.73 Å². The van der Waals surface area contributed by atoms with Gasteiger partial charge < -0.3 is 15.8 Å². The number of nitrogens with two attached hydrogens (primary N) is 1. The van der Waals surface area contributed by atoms with Crippen LogP contribution in [0.5, 0.6) is 5.75 Å². The molecule has 0 bridgehead atoms. The number of benzene rings is 1. The van der Waals surface area contributed by atoms with Crippen LogP contribution in [0.4, 0.5) is 5.69 Å². The highest BCUT2D eigenvalue weighted by Gasteiger charge is 2.11. The van der Waals surface area contributed by atoms with Crippen molar-refractivity contribution in [2.75, 3.05) is 11.9 Å². The molecule has 0 radical (unpaired) electrons. The average Bonchev–Trinajstić information content (AvgIpc) is 2.39. The summed E-state index contributed by atoms with van der Waals surface area (Å²) in [5.41, 5.74) is 6.03. The van der Waals surface area contributed by atoms with Crippen molar-refractivity contribution in [1.82, 2.24) is 0 Å². The van der Waals surface area contributed by atoms with Crippen molar-refractivity contribution in [1.29, 1.82) is 0 Å². The quantitative estimate of drug-likeness (QED) is 0.718. The molecule has 0 aliphatic rings. The van der Waals surface area contributed by atoms with Crippen LogP contribution in [0, 0.1) is 0 Å². The maximum atomic E-state index is 11.8. The van der Waals surface area contributed by atoms with E-state index in [0.717, 1.165) is 43.7 Å². The van der Waals surface area contributed by atoms with Crippen LogP contribution in [0.1, 0.15) is 52.9 Å². The standard InChI is InChI=1S/C17H28N2O2/c1-17(2,3)21-15-11-9-14(10-12-15)19-16(20)8-6-4-5-7-13-18/h9-12H,4-8,13,18H2,1-3H3,(H,19,20). The Morgan fingerprint density at radius 2 is 1.71 bits per heavy atom. The smallest absolute Gasteiger partial charge is 0.224 e. The number of nitrogens with one attached hydrogen (secondary N) is 1. The molecule has 1 aromatic carbocycles. The fourth-order valence-corrected chi connectivity index (χ4v) is 1.97. The molecule has 1 rings (SSSR count). The highest BCUT2D eigenvalue weighted by Crippen LogP contribution is 2.20. The Hall–Kier alpha value is -1.55. The van der Waals surface area contributed by atoms with Crippen LogP contribution in [-0.4, -0.2) is 18.1 Å². The second kappa shape index (κ2) is 8.67. The first-order valence-corrected chi connectivity index (χ1v) is 7.70. The molecule has 1 aromatic rings. The van der Waals surface area contributed by atoms with Gasteiger partial charge >= 0.3 is 0 Å². The third kappa shape index (κ3) is 8.35. The van der Waals surface area contributed by atoms with E-state index < -0.39 is 0 Å². The summed E-state index contributed by atoms with van der Waals surface area (Å²) in [6.07, 6.45) is 4.67. The molecule has 118 valence electrons. The largest absolute Gasteiger partial charge is 0.488 e. The number of hydrogen-bond donors (Lipinski definition) is 2. The Morgan fingerprint density at radius 1 is 1.10 bits per heavy atom. The van der Waals surface area contributed by atoms with Crippen molar-refractivity contribution < 1.29 is 9.53 Å². The molecular weight excluding hydrogens is 264 g/mol. The first kappa shape index (κ1) is 17.5. The maximum absolute atomic E-state index is 11.8. The lowest BCUT2D eigenvalue weighted by Crippen LogP contribution is -2.22. The fraction of sp³-hybridized carbons (Fsp3) is 0.588. The van der Waals surface area contributed by atoms with Crippen molar-refractivity contribution >= 4 is 11.6 Å². The summed E-state index contributed by atoms with van der Waals surface area (Å²) in [5.74, 6) is 0.870. The summed E-state index contributed by atoms with van der Waals surface area (Å²) in [7, 11) is 0. The van der Waals surface area contributed by atoms with Gasteiger partial charge in [0.2, 0.25) is 5.91 Å². The molecule has 0 saturated heterocycles. The van der Waals surface area contributed by atoms with Gasteiger partial charge in [0.05, 0.1) is 0 Å². The SMILES string of the molecule is CC(C)(C)Oc1ccc(NC(=O)CCCCCCN)cc1. The summed E-state index contributed by atoms with van der Waals surface area (Å²) in [6.45, 7) is 6.75. The van der Waals surface area contributed by atoms with Gasteiger partial charge in [0.15, 0.2) is 0 Å². The van der Waals surface area contributed by atoms with Gasteiger partial charge in [-0.2, -0.15) is 0 Å². The molecule has 4 nitrogen and oxygen atoms in total. The van der Waals surface area contributed by atoms with Crippen LogP contribution in [0.2, 0.25) is 0 Å². The number of carbonyl (C=O) groups is 1. The minimum Gasteiger partial charge on any atom is -0.488 e. The Morgan fingerprint density at radius 3 is 2.29 bits per heavy atom. The van der Waals surface area contributed by atoms with Crippen LogP contribution < -0.4 is 15.8 Å². The predicted octanol–water partition coefficient (Wildman–Crippen LogP) is 3.71. The van der Waals surface area contributed by atoms with Crippen molar-refractivity contribution in [2.45, 2.75) is 58.5 Å². The third-order valence-electron chi connectivity index (χ3n) is 2.92. The van der Waals surface area contributed by atoms with Crippen LogP contribution in [0.25, 0.3) is 0 Å². The van der Waals surface area contributed by atoms with Crippen LogP contribution in [0.3, 0.4) is 0 Å². The van der Waals surface area contributed by atoms with Gasteiger partial charge in [0, 0.05) is 12.1 Å². The van der Waals surface area contributed by atoms with E-state index in [4.69, 9.17) is 10.5 Å². The normalized spacial score (nSPS) is 11.2. The lowest BCUT2D eigenvalue weighted by Gasteiger charge is -2.21. The minimum absolute atomic E-state index is 0.0623. The molecule has 0 heterocycles. The van der Waals surface area contributed by atoms with Gasteiger partial charge in [-0.05, 0) is 64.4 Å². The number of rotatable bonds is 8. The number of carbonyl (C=O) groups excluding carboxylic acids is 1. The Kier molecular flexibility index (Phi) is 7.23. The topological polar surface area (TPSA) is 64.3 Å². The van der Waals surface area contributed by atoms with Gasteiger partial charge in [0.25, 0.3) is 0 Å². The summed E-state index contributed by atoms with van der Waals surface area (Å²) in [4.78, 5) is 11.8. The zero-order valence-corrected chi connectivity index (χ0v) is 13.4. The molecule has 0 atom stereocenters. The Labute approximate surface area is 128 Å². The molecule has 21 heavy (non-hydrogen) atoms. The fourth-order valence-electron chi connectivity index (χ4n) is 1.97. The van der Waals surface area contributed by atoms with E-state index in [1.807, 2.05) is 45.0 Å². The first-order valence-electron chi connectivity index (χ1n) is 7.70. The summed E-state index contributed by atoms with van der Waals surface area (Å²) < 4.78 is 5.74. The van der Waals surface area contributed by atoms with Gasteiger partial charge in [-0.3, -0.25) is 4.79 Å². The van der Waals surface area contributed by atoms with E-state index in [0.29, 0.717) is 6.42 Å². The van der Waals surface area contributed by atoms with Crippen molar-refractivity contribution in [3.05, 3.63) is 24.3 Å². The number of amides is 1. The van der Waals surface area contributed by atoms with Crippen LogP contribution in [0.15, 0.2) is 24.3 Å². The highest BCUT2D eigenvalue weighted by atomic mass is 16.5. The molecule has 4 heteroatoms. The second-order valence-electron chi connectivity index (χ2n) is 6.24. The van der Waals surface area contributed by atoms with E-state index in [-0.39, 0.29) is 11.5 Å². The molecule has 0 unspecified atom stereocenters. The first-order chi connectivity index (χ1) is 9.90. The molecule has 0 aliphatic heterocycles. The average molecular weight is 292 g/mol. The molecule has 3 N–H and O–H groups in total. The Balaban J connectivity index is 2.33. The highest BCUT2D eigenvalue weighted by molar-refractivity contribution is 5.90. The minimum atomic E-state index is -0.214. The van der Waals surface area contributed by atoms with Gasteiger partial charge in [-0.25, -0.2) is 0 Å². The van der Waals surface area contributed by atoms with Gasteiger partial charge in [-0.15, -0.1) is 0 Å². The van der Waals surface area contributed by atoms with E-state index in [1.54, 1.807) is 0 Å². The lowest BCUT2D eigenvalue weighted by molar-refractivity contribution is -0.116. The molecule has 0 spiro atoms. The summed E-state index contributed by atoms with van der Waals surface area (Å²) in [5, 5.41) is 2.90. The predicted molar refractivity (Wildman–Crippen MR) is 87.6 cm³/mol. The number of unbranched alkanes of at least 4 members (excludes halogenated alkanes) is 3. The third-order valence-corrected chi connectivity index (χ3v) is 2.92. The number of anilines is 1. The van der Waals surface area contributed by atoms with E-state index in [1.165, 1.54) is 0 Å². The molecular formula is C17H28N2O2. The molecule has 1 amide bonds. The van der Waals surface area contributed by atoms with Crippen LogP contribution >= 0.6 is 0 Å². The van der Waals surface area contributed by atoms with E-state index in [9.17, 15) is 4.79 Å². The molecule has 0 aromatic heterocycles. The van der Waals surface area contributed by atoms with E-state index in [2.05, 4.69) is 5.32 Å². The number of ether oxygens (including phenoxy) is 1. The van der Waals surface area contributed by atoms with Gasteiger partial charge in [-0.1, -0.05) is 12.8 Å². The lowest BCUT2D eigenvalue weighted by atomic mass is 10.1. The maximum Gasteiger partial charge on any atom is 0.224 e. The van der Waals surface area contributed by atoms with Crippen molar-refractivity contribution in [3.8, 4) is 5.75 Å². The van der Waals surface area contributed by atoms with Crippen molar-refractivity contribution in [3.63, 3.8) is 0 Å².